The Bertz CT molecular complexity index is 938. The summed E-state index contributed by atoms with van der Waals surface area (Å²) in [5, 5.41) is 19.4. The molecule has 0 saturated carbocycles. The van der Waals surface area contributed by atoms with E-state index in [0.717, 1.165) is 35.3 Å². The number of nitrogens with one attached hydrogen (secondary N) is 1. The molecule has 0 fully saturated rings. The van der Waals surface area contributed by atoms with Gasteiger partial charge in [0.15, 0.2) is 5.56 Å². The summed E-state index contributed by atoms with van der Waals surface area (Å²) in [6.45, 7) is 1.29. The summed E-state index contributed by atoms with van der Waals surface area (Å²) in [5.41, 5.74) is 3.25. The van der Waals surface area contributed by atoms with Gasteiger partial charge < -0.3 is 24.8 Å². The second-order valence-corrected chi connectivity index (χ2v) is 6.14. The number of hydrogen-bond donors (Lipinski definition) is 3. The summed E-state index contributed by atoms with van der Waals surface area (Å²) in [5.74, 6) is -1.98. The van der Waals surface area contributed by atoms with Crippen molar-refractivity contribution in [1.82, 2.24) is 4.98 Å². The number of hydrogen-bond acceptors (Lipinski definition) is 5. The maximum atomic E-state index is 12.1. The van der Waals surface area contributed by atoms with E-state index in [9.17, 15) is 14.7 Å². The topological polar surface area (TPSA) is 103 Å². The van der Waals surface area contributed by atoms with Crippen LogP contribution in [-0.2, 0) is 24.4 Å². The number of anilines is 1. The van der Waals surface area contributed by atoms with Gasteiger partial charge in [0.05, 0.1) is 18.9 Å². The molecule has 0 saturated heterocycles. The van der Waals surface area contributed by atoms with Crippen molar-refractivity contribution in [2.75, 3.05) is 18.5 Å². The van der Waals surface area contributed by atoms with E-state index < -0.39 is 22.8 Å². The molecule has 3 N–H and O–H groups in total. The highest BCUT2D eigenvalue weighted by molar-refractivity contribution is 5.92. The molecule has 132 valence electrons. The molecule has 4 rings (SSSR count). The lowest BCUT2D eigenvalue weighted by Gasteiger charge is -2.16. The molecule has 2 aliphatic rings. The average Bonchev–Trinajstić information content (AvgIpc) is 2.78. The van der Waals surface area contributed by atoms with Crippen LogP contribution in [0.2, 0.25) is 0 Å². The van der Waals surface area contributed by atoms with Crippen LogP contribution >= 0.6 is 12.4 Å². The number of carboxylic acids is 1. The van der Waals surface area contributed by atoms with Gasteiger partial charge in [0, 0.05) is 30.4 Å². The first-order valence-corrected chi connectivity index (χ1v) is 7.64. The summed E-state index contributed by atoms with van der Waals surface area (Å²) in [6, 6.07) is 4.03. The molecular weight excluding hydrogens is 348 g/mol. The second kappa shape index (κ2) is 6.09. The number of aromatic hydroxyl groups is 1. The number of benzene rings is 1. The number of carboxylic acid groups (broad SMARTS) is 1. The highest BCUT2D eigenvalue weighted by Crippen LogP contribution is 2.39. The molecule has 0 aliphatic carbocycles. The first-order chi connectivity index (χ1) is 11.5. The van der Waals surface area contributed by atoms with Crippen LogP contribution in [0.15, 0.2) is 16.9 Å². The summed E-state index contributed by atoms with van der Waals surface area (Å²) in [4.78, 5) is 28.1. The zero-order valence-corrected chi connectivity index (χ0v) is 14.3. The van der Waals surface area contributed by atoms with E-state index in [1.807, 2.05) is 19.2 Å². The molecule has 0 amide bonds. The third-order valence-corrected chi connectivity index (χ3v) is 4.71. The Labute approximate surface area is 149 Å². The van der Waals surface area contributed by atoms with Gasteiger partial charge in [0.2, 0.25) is 0 Å². The van der Waals surface area contributed by atoms with Crippen LogP contribution < -0.4 is 10.5 Å². The number of halogens is 1. The van der Waals surface area contributed by atoms with Crippen LogP contribution in [0.1, 0.15) is 27.0 Å². The van der Waals surface area contributed by atoms with Crippen LogP contribution in [0.4, 0.5) is 5.69 Å². The van der Waals surface area contributed by atoms with Crippen molar-refractivity contribution in [2.24, 2.45) is 0 Å². The minimum atomic E-state index is -1.46. The van der Waals surface area contributed by atoms with Crippen LogP contribution in [0.3, 0.4) is 0 Å². The van der Waals surface area contributed by atoms with Gasteiger partial charge in [0.25, 0.3) is 5.56 Å². The van der Waals surface area contributed by atoms with E-state index in [-0.39, 0.29) is 19.0 Å². The van der Waals surface area contributed by atoms with Gasteiger partial charge in [-0.2, -0.15) is 0 Å². The first kappa shape index (κ1) is 17.3. The number of rotatable bonds is 1. The quantitative estimate of drug-likeness (QED) is 0.714. The molecule has 8 heteroatoms. The van der Waals surface area contributed by atoms with Gasteiger partial charge in [-0.05, 0) is 29.7 Å². The first-order valence-electron chi connectivity index (χ1n) is 7.64. The van der Waals surface area contributed by atoms with Crippen LogP contribution in [0.5, 0.6) is 5.75 Å². The molecular formula is C17H17ClN2O5. The zero-order valence-electron chi connectivity index (χ0n) is 13.5. The lowest BCUT2D eigenvalue weighted by Crippen LogP contribution is -2.20. The number of likely N-dealkylation sites (N-methyl/N-ethyl adjacent to an activating group) is 1. The number of nitrogens with zero attached hydrogens (tertiary/aromatic N) is 1. The Hall–Kier alpha value is -2.51. The van der Waals surface area contributed by atoms with E-state index in [1.165, 1.54) is 0 Å². The Morgan fingerprint density at radius 1 is 1.28 bits per heavy atom. The highest BCUT2D eigenvalue weighted by atomic mass is 35.5. The molecule has 0 radical (unpaired) electrons. The number of H-pyrrole nitrogens is 1. The molecule has 3 heterocycles. The van der Waals surface area contributed by atoms with Crippen molar-refractivity contribution < 1.29 is 19.7 Å². The number of aromatic amines is 1. The minimum absolute atomic E-state index is 0. The normalized spacial score (nSPS) is 14.8. The minimum Gasteiger partial charge on any atom is -0.506 e. The monoisotopic (exact) mass is 364 g/mol. The lowest BCUT2D eigenvalue weighted by molar-refractivity contribution is 0.0690. The predicted molar refractivity (Wildman–Crippen MR) is 93.8 cm³/mol. The van der Waals surface area contributed by atoms with Gasteiger partial charge in [-0.1, -0.05) is 0 Å². The molecule has 25 heavy (non-hydrogen) atoms. The van der Waals surface area contributed by atoms with Crippen molar-refractivity contribution >= 4 is 24.1 Å². The van der Waals surface area contributed by atoms with E-state index in [0.29, 0.717) is 17.9 Å². The van der Waals surface area contributed by atoms with E-state index in [4.69, 9.17) is 9.84 Å². The molecule has 0 spiro atoms. The molecule has 1 aromatic heterocycles. The van der Waals surface area contributed by atoms with E-state index in [1.54, 1.807) is 0 Å². The third kappa shape index (κ3) is 2.56. The SMILES string of the molecule is CN1CCc2cc3c(cc21)COCc1c-3[nH]c(=O)c(C(=O)O)c1O.Cl. The Morgan fingerprint density at radius 2 is 2.04 bits per heavy atom. The number of aromatic nitrogens is 1. The predicted octanol–water partition coefficient (Wildman–Crippen LogP) is 1.89. The molecule has 7 nitrogen and oxygen atoms in total. The fraction of sp³-hybridized carbons (Fsp3) is 0.294. The summed E-state index contributed by atoms with van der Waals surface area (Å²) >= 11 is 0. The lowest BCUT2D eigenvalue weighted by atomic mass is 9.96. The maximum absolute atomic E-state index is 12.1. The fourth-order valence-corrected chi connectivity index (χ4v) is 3.45. The second-order valence-electron chi connectivity index (χ2n) is 6.14. The van der Waals surface area contributed by atoms with E-state index in [2.05, 4.69) is 9.88 Å². The Morgan fingerprint density at radius 3 is 2.76 bits per heavy atom. The van der Waals surface area contributed by atoms with Crippen molar-refractivity contribution in [2.45, 2.75) is 19.6 Å². The average molecular weight is 365 g/mol. The smallest absolute Gasteiger partial charge is 0.345 e. The summed E-state index contributed by atoms with van der Waals surface area (Å²) < 4.78 is 5.60. The van der Waals surface area contributed by atoms with Gasteiger partial charge in [-0.15, -0.1) is 12.4 Å². The van der Waals surface area contributed by atoms with Gasteiger partial charge >= 0.3 is 5.97 Å². The number of fused-ring (bicyclic) bond motifs is 4. The van der Waals surface area contributed by atoms with Gasteiger partial charge in [-0.3, -0.25) is 4.79 Å². The number of ether oxygens (including phenoxy) is 1. The molecule has 2 aliphatic heterocycles. The summed E-state index contributed by atoms with van der Waals surface area (Å²) in [6.07, 6.45) is 0.902. The van der Waals surface area contributed by atoms with Crippen LogP contribution in [0.25, 0.3) is 11.3 Å². The Balaban J connectivity index is 0.00000182. The maximum Gasteiger partial charge on any atom is 0.345 e. The van der Waals surface area contributed by atoms with Crippen LogP contribution in [0, 0.1) is 0 Å². The van der Waals surface area contributed by atoms with Crippen molar-refractivity contribution in [3.63, 3.8) is 0 Å². The molecule has 2 aromatic rings. The molecule has 0 unspecified atom stereocenters. The number of pyridine rings is 1. The largest absolute Gasteiger partial charge is 0.506 e. The zero-order chi connectivity index (χ0) is 17.0. The Kier molecular flexibility index (Phi) is 4.22. The molecule has 1 aromatic carbocycles. The molecule has 0 bridgehead atoms. The van der Waals surface area contributed by atoms with Crippen molar-refractivity contribution in [3.05, 3.63) is 44.7 Å². The summed E-state index contributed by atoms with van der Waals surface area (Å²) in [7, 11) is 2.02. The van der Waals surface area contributed by atoms with Crippen molar-refractivity contribution in [1.29, 1.82) is 0 Å². The number of aromatic carboxylic acids is 1. The standard InChI is InChI=1S/C17H16N2O5.ClH/c1-19-3-2-8-4-10-9(5-12(8)19)6-24-7-11-14(10)18-16(21)13(15(11)20)17(22)23;/h4-5H,2-3,6-7H2,1H3,(H,22,23)(H2,18,20,21);1H. The fourth-order valence-electron chi connectivity index (χ4n) is 3.45. The van der Waals surface area contributed by atoms with Gasteiger partial charge in [0.1, 0.15) is 5.75 Å². The highest BCUT2D eigenvalue weighted by Gasteiger charge is 2.27. The third-order valence-electron chi connectivity index (χ3n) is 4.71. The van der Waals surface area contributed by atoms with Gasteiger partial charge in [-0.25, -0.2) is 4.79 Å². The van der Waals surface area contributed by atoms with Crippen LogP contribution in [-0.4, -0.2) is 34.8 Å². The molecule has 0 atom stereocenters. The van der Waals surface area contributed by atoms with Crippen molar-refractivity contribution in [3.8, 4) is 17.0 Å². The van der Waals surface area contributed by atoms with E-state index >= 15 is 0 Å². The number of carbonyl (C=O) groups is 1.